The summed E-state index contributed by atoms with van der Waals surface area (Å²) in [4.78, 5) is 15.1. The quantitative estimate of drug-likeness (QED) is 0.299. The lowest BCUT2D eigenvalue weighted by molar-refractivity contribution is 0.292. The van der Waals surface area contributed by atoms with Gasteiger partial charge in [0.15, 0.2) is 0 Å². The highest BCUT2D eigenvalue weighted by Gasteiger charge is 2.12. The lowest BCUT2D eigenvalue weighted by Crippen LogP contribution is -2.30. The van der Waals surface area contributed by atoms with E-state index < -0.39 is 0 Å². The maximum absolute atomic E-state index is 9.35. The summed E-state index contributed by atoms with van der Waals surface area (Å²) in [5.74, 6) is 1.56. The Balaban J connectivity index is 2.46. The highest BCUT2D eigenvalue weighted by atomic mass is 16.3. The largest absolute Gasteiger partial charge is 0.395 e. The predicted octanol–water partition coefficient (Wildman–Crippen LogP) is 1.52. The second-order valence-electron chi connectivity index (χ2n) is 6.82. The van der Waals surface area contributed by atoms with Gasteiger partial charge in [0.25, 0.3) is 0 Å². The molecule has 1 heterocycles. The summed E-state index contributed by atoms with van der Waals surface area (Å²) in [7, 11) is 0. The summed E-state index contributed by atoms with van der Waals surface area (Å²) < 4.78 is 0. The fourth-order valence-corrected chi connectivity index (χ4v) is 2.93. The van der Waals surface area contributed by atoms with Gasteiger partial charge in [-0.2, -0.15) is 15.0 Å². The Hall–Kier alpha value is -1.51. The molecule has 0 atom stereocenters. The molecule has 0 radical (unpaired) electrons. The van der Waals surface area contributed by atoms with E-state index >= 15 is 0 Å². The fourth-order valence-electron chi connectivity index (χ4n) is 2.93. The maximum atomic E-state index is 9.35. The van der Waals surface area contributed by atoms with Crippen LogP contribution in [0, 0.1) is 0 Å². The van der Waals surface area contributed by atoms with Crippen LogP contribution in [0.1, 0.15) is 64.1 Å². The molecular weight excluding hydrogens is 344 g/mol. The van der Waals surface area contributed by atoms with Crippen molar-refractivity contribution in [1.29, 1.82) is 0 Å². The van der Waals surface area contributed by atoms with Crippen LogP contribution in [0.3, 0.4) is 0 Å². The van der Waals surface area contributed by atoms with Gasteiger partial charge in [-0.05, 0) is 25.8 Å². The van der Waals surface area contributed by atoms with Crippen LogP contribution in [-0.2, 0) is 6.42 Å². The molecule has 1 aromatic rings. The molecule has 8 heteroatoms. The summed E-state index contributed by atoms with van der Waals surface area (Å²) in [6.07, 6.45) is 9.78. The number of hydrogen-bond acceptors (Lipinski definition) is 8. The highest BCUT2D eigenvalue weighted by Crippen LogP contribution is 2.13. The standard InChI is InChI=1S/C19H38N6O2/c1-2-3-4-9-13-25(14-16-27)19-23-17(22-18(20)24-19)10-7-5-6-8-11-21-12-15-26/h21,26-27H,2-16H2,1H3,(H2,20,22,23,24). The lowest BCUT2D eigenvalue weighted by atomic mass is 10.1. The first kappa shape index (κ1) is 23.5. The van der Waals surface area contributed by atoms with Gasteiger partial charge in [-0.25, -0.2) is 0 Å². The normalized spacial score (nSPS) is 11.1. The van der Waals surface area contributed by atoms with Crippen molar-refractivity contribution in [3.63, 3.8) is 0 Å². The molecule has 0 fully saturated rings. The van der Waals surface area contributed by atoms with Crippen LogP contribution < -0.4 is 16.0 Å². The monoisotopic (exact) mass is 382 g/mol. The number of aromatic nitrogens is 3. The Kier molecular flexibility index (Phi) is 13.5. The maximum Gasteiger partial charge on any atom is 0.230 e. The van der Waals surface area contributed by atoms with Crippen LogP contribution in [0.2, 0.25) is 0 Å². The molecule has 0 saturated carbocycles. The van der Waals surface area contributed by atoms with E-state index in [9.17, 15) is 5.11 Å². The van der Waals surface area contributed by atoms with Crippen molar-refractivity contribution in [2.75, 3.05) is 50.0 Å². The zero-order chi connectivity index (χ0) is 19.7. The van der Waals surface area contributed by atoms with Gasteiger partial charge >= 0.3 is 0 Å². The third-order valence-electron chi connectivity index (χ3n) is 4.41. The minimum atomic E-state index is 0.0685. The zero-order valence-electron chi connectivity index (χ0n) is 16.9. The fraction of sp³-hybridized carbons (Fsp3) is 0.842. The number of hydrogen-bond donors (Lipinski definition) is 4. The van der Waals surface area contributed by atoms with Crippen LogP contribution in [0.25, 0.3) is 0 Å². The third kappa shape index (κ3) is 11.0. The van der Waals surface area contributed by atoms with Gasteiger partial charge in [-0.3, -0.25) is 0 Å². The van der Waals surface area contributed by atoms with Gasteiger partial charge < -0.3 is 26.2 Å². The Morgan fingerprint density at radius 3 is 2.37 bits per heavy atom. The van der Waals surface area contributed by atoms with Gasteiger partial charge in [0.05, 0.1) is 13.2 Å². The third-order valence-corrected chi connectivity index (χ3v) is 4.41. The molecule has 0 unspecified atom stereocenters. The number of aliphatic hydroxyl groups excluding tert-OH is 2. The van der Waals surface area contributed by atoms with E-state index in [2.05, 4.69) is 27.2 Å². The smallest absolute Gasteiger partial charge is 0.230 e. The first-order valence-electron chi connectivity index (χ1n) is 10.4. The molecule has 156 valence electrons. The van der Waals surface area contributed by atoms with Crippen molar-refractivity contribution >= 4 is 11.9 Å². The van der Waals surface area contributed by atoms with Gasteiger partial charge in [-0.1, -0.05) is 39.0 Å². The average molecular weight is 383 g/mol. The molecule has 0 aliphatic heterocycles. The average Bonchev–Trinajstić information content (AvgIpc) is 2.66. The summed E-state index contributed by atoms with van der Waals surface area (Å²) in [5, 5.41) is 21.2. The first-order valence-corrected chi connectivity index (χ1v) is 10.4. The van der Waals surface area contributed by atoms with E-state index in [0.29, 0.717) is 19.0 Å². The van der Waals surface area contributed by atoms with E-state index in [4.69, 9.17) is 10.8 Å². The number of nitrogen functional groups attached to an aromatic ring is 1. The van der Waals surface area contributed by atoms with E-state index in [1.54, 1.807) is 0 Å². The van der Waals surface area contributed by atoms with Crippen LogP contribution in [0.15, 0.2) is 0 Å². The topological polar surface area (TPSA) is 120 Å². The second kappa shape index (κ2) is 15.5. The molecule has 0 bridgehead atoms. The van der Waals surface area contributed by atoms with Crippen LogP contribution in [0.4, 0.5) is 11.9 Å². The molecule has 1 aromatic heterocycles. The first-order chi connectivity index (χ1) is 13.2. The van der Waals surface area contributed by atoms with Crippen molar-refractivity contribution in [2.24, 2.45) is 0 Å². The highest BCUT2D eigenvalue weighted by molar-refractivity contribution is 5.34. The van der Waals surface area contributed by atoms with Gasteiger partial charge in [0.2, 0.25) is 11.9 Å². The Labute approximate surface area is 163 Å². The van der Waals surface area contributed by atoms with Crippen molar-refractivity contribution < 1.29 is 10.2 Å². The van der Waals surface area contributed by atoms with Crippen molar-refractivity contribution in [3.05, 3.63) is 5.82 Å². The summed E-state index contributed by atoms with van der Waals surface area (Å²) >= 11 is 0. The minimum absolute atomic E-state index is 0.0685. The number of anilines is 2. The predicted molar refractivity (Wildman–Crippen MR) is 110 cm³/mol. The summed E-state index contributed by atoms with van der Waals surface area (Å²) in [6, 6.07) is 0. The SMILES string of the molecule is CCCCCCN(CCO)c1nc(N)nc(CCCCCCNCCO)n1. The van der Waals surface area contributed by atoms with E-state index in [1.165, 1.54) is 19.3 Å². The Bertz CT molecular complexity index is 489. The molecule has 5 N–H and O–H groups in total. The zero-order valence-corrected chi connectivity index (χ0v) is 16.9. The van der Waals surface area contributed by atoms with Gasteiger partial charge in [0.1, 0.15) is 5.82 Å². The van der Waals surface area contributed by atoms with E-state index in [0.717, 1.165) is 57.4 Å². The van der Waals surface area contributed by atoms with Crippen molar-refractivity contribution in [3.8, 4) is 0 Å². The molecule has 8 nitrogen and oxygen atoms in total. The van der Waals surface area contributed by atoms with Crippen LogP contribution in [-0.4, -0.2) is 64.6 Å². The molecule has 27 heavy (non-hydrogen) atoms. The van der Waals surface area contributed by atoms with Crippen molar-refractivity contribution in [1.82, 2.24) is 20.3 Å². The van der Waals surface area contributed by atoms with E-state index in [-0.39, 0.29) is 19.2 Å². The molecular formula is C19H38N6O2. The molecule has 0 aromatic carbocycles. The van der Waals surface area contributed by atoms with Crippen LogP contribution in [0.5, 0.6) is 0 Å². The molecule has 0 saturated heterocycles. The van der Waals surface area contributed by atoms with Gasteiger partial charge in [0, 0.05) is 26.1 Å². The molecule has 0 spiro atoms. The Morgan fingerprint density at radius 2 is 1.63 bits per heavy atom. The number of nitrogens with zero attached hydrogens (tertiary/aromatic N) is 4. The van der Waals surface area contributed by atoms with Crippen molar-refractivity contribution in [2.45, 2.75) is 64.7 Å². The number of rotatable bonds is 17. The second-order valence-corrected chi connectivity index (χ2v) is 6.82. The number of aryl methyl sites for hydroxylation is 1. The molecule has 0 aliphatic carbocycles. The van der Waals surface area contributed by atoms with Crippen LogP contribution >= 0.6 is 0 Å². The number of nitrogens with two attached hydrogens (primary N) is 1. The number of nitrogens with one attached hydrogen (secondary N) is 1. The molecule has 1 rings (SSSR count). The Morgan fingerprint density at radius 1 is 0.852 bits per heavy atom. The summed E-state index contributed by atoms with van der Waals surface area (Å²) in [6.45, 7) is 5.39. The number of aliphatic hydroxyl groups is 2. The van der Waals surface area contributed by atoms with Gasteiger partial charge in [-0.15, -0.1) is 0 Å². The lowest BCUT2D eigenvalue weighted by Gasteiger charge is -2.22. The van der Waals surface area contributed by atoms with E-state index in [1.807, 2.05) is 4.90 Å². The molecule has 0 amide bonds. The summed E-state index contributed by atoms with van der Waals surface area (Å²) in [5.41, 5.74) is 5.89. The minimum Gasteiger partial charge on any atom is -0.395 e. The number of unbranched alkanes of at least 4 members (excludes halogenated alkanes) is 6. The molecule has 0 aliphatic rings.